The first kappa shape index (κ1) is 22.5. The number of aromatic carboxylic acids is 1. The van der Waals surface area contributed by atoms with Gasteiger partial charge in [-0.2, -0.15) is 0 Å². The second-order valence-electron chi connectivity index (χ2n) is 8.89. The third kappa shape index (κ3) is 4.73. The van der Waals surface area contributed by atoms with Gasteiger partial charge >= 0.3 is 5.97 Å². The summed E-state index contributed by atoms with van der Waals surface area (Å²) < 4.78 is 1.76. The third-order valence-electron chi connectivity index (χ3n) is 5.96. The van der Waals surface area contributed by atoms with Crippen molar-refractivity contribution in [2.45, 2.75) is 26.9 Å². The average Bonchev–Trinajstić information content (AvgIpc) is 2.78. The number of hydrogen-bond acceptors (Lipinski definition) is 3. The van der Waals surface area contributed by atoms with Crippen LogP contribution in [0.5, 0.6) is 0 Å². The van der Waals surface area contributed by atoms with Gasteiger partial charge in [0.2, 0.25) is 0 Å². The number of aryl methyl sites for hydroxylation is 2. The highest BCUT2D eigenvalue weighted by molar-refractivity contribution is 5.92. The standard InChI is InChI=1S/C28H28N2O3/c1-18-5-10-23(28(32)33)14-25(18)22-11-12-24-26(13-22)19(2)15-30(27(24)31)17-21-8-6-20(7-9-21)16-29(3)4/h5-15H,16-17H2,1-4H3,(H,32,33). The molecule has 0 aliphatic carbocycles. The monoisotopic (exact) mass is 440 g/mol. The van der Waals surface area contributed by atoms with E-state index in [1.807, 2.05) is 58.4 Å². The predicted octanol–water partition coefficient (Wildman–Crippen LogP) is 5.09. The van der Waals surface area contributed by atoms with E-state index in [-0.39, 0.29) is 11.1 Å². The molecule has 168 valence electrons. The Morgan fingerprint density at radius 3 is 2.24 bits per heavy atom. The number of rotatable bonds is 6. The Labute approximate surface area is 193 Å². The normalized spacial score (nSPS) is 11.3. The van der Waals surface area contributed by atoms with Gasteiger partial charge < -0.3 is 14.6 Å². The molecule has 1 aromatic heterocycles. The molecule has 1 N–H and O–H groups in total. The van der Waals surface area contributed by atoms with E-state index < -0.39 is 5.97 Å². The smallest absolute Gasteiger partial charge is 0.335 e. The van der Waals surface area contributed by atoms with Gasteiger partial charge in [0, 0.05) is 18.1 Å². The highest BCUT2D eigenvalue weighted by atomic mass is 16.4. The van der Waals surface area contributed by atoms with Crippen molar-refractivity contribution in [2.75, 3.05) is 14.1 Å². The number of carbonyl (C=O) groups is 1. The Hall–Kier alpha value is -3.70. The van der Waals surface area contributed by atoms with E-state index in [1.54, 1.807) is 16.7 Å². The zero-order chi connectivity index (χ0) is 23.7. The van der Waals surface area contributed by atoms with Gasteiger partial charge in [0.05, 0.1) is 12.1 Å². The largest absolute Gasteiger partial charge is 0.478 e. The first-order valence-corrected chi connectivity index (χ1v) is 10.9. The molecular weight excluding hydrogens is 412 g/mol. The number of hydrogen-bond donors (Lipinski definition) is 1. The van der Waals surface area contributed by atoms with E-state index in [1.165, 1.54) is 5.56 Å². The molecule has 4 rings (SSSR count). The summed E-state index contributed by atoms with van der Waals surface area (Å²) >= 11 is 0. The molecule has 0 unspecified atom stereocenters. The maximum atomic E-state index is 13.2. The van der Waals surface area contributed by atoms with Gasteiger partial charge in [0.15, 0.2) is 0 Å². The van der Waals surface area contributed by atoms with Crippen molar-refractivity contribution in [2.24, 2.45) is 0 Å². The molecular formula is C28H28N2O3. The van der Waals surface area contributed by atoms with Crippen LogP contribution in [0.2, 0.25) is 0 Å². The van der Waals surface area contributed by atoms with Gasteiger partial charge in [-0.15, -0.1) is 0 Å². The number of benzene rings is 3. The predicted molar refractivity (Wildman–Crippen MR) is 133 cm³/mol. The van der Waals surface area contributed by atoms with Crippen molar-refractivity contribution in [1.82, 2.24) is 9.47 Å². The maximum absolute atomic E-state index is 13.2. The van der Waals surface area contributed by atoms with Crippen LogP contribution in [0.4, 0.5) is 0 Å². The van der Waals surface area contributed by atoms with Gasteiger partial charge in [-0.25, -0.2) is 4.79 Å². The van der Waals surface area contributed by atoms with Crippen LogP contribution in [0, 0.1) is 13.8 Å². The Kier molecular flexibility index (Phi) is 6.16. The molecule has 0 fully saturated rings. The molecule has 0 saturated carbocycles. The summed E-state index contributed by atoms with van der Waals surface area (Å²) in [6, 6.07) is 19.2. The Morgan fingerprint density at radius 2 is 1.58 bits per heavy atom. The molecule has 0 atom stereocenters. The Balaban J connectivity index is 1.71. The second-order valence-corrected chi connectivity index (χ2v) is 8.89. The zero-order valence-corrected chi connectivity index (χ0v) is 19.4. The number of fused-ring (bicyclic) bond motifs is 1. The van der Waals surface area contributed by atoms with Crippen molar-refractivity contribution in [1.29, 1.82) is 0 Å². The maximum Gasteiger partial charge on any atom is 0.335 e. The molecule has 4 aromatic rings. The topological polar surface area (TPSA) is 62.5 Å². The van der Waals surface area contributed by atoms with Crippen molar-refractivity contribution in [3.05, 3.63) is 105 Å². The van der Waals surface area contributed by atoms with Crippen LogP contribution >= 0.6 is 0 Å². The zero-order valence-electron chi connectivity index (χ0n) is 19.4. The number of aromatic nitrogens is 1. The lowest BCUT2D eigenvalue weighted by Gasteiger charge is -2.14. The molecule has 3 aromatic carbocycles. The van der Waals surface area contributed by atoms with Crippen LogP contribution in [0.1, 0.15) is 32.6 Å². The summed E-state index contributed by atoms with van der Waals surface area (Å²) in [5, 5.41) is 10.9. The summed E-state index contributed by atoms with van der Waals surface area (Å²) in [5.41, 5.74) is 6.29. The van der Waals surface area contributed by atoms with Crippen LogP contribution in [-0.4, -0.2) is 34.6 Å². The minimum Gasteiger partial charge on any atom is -0.478 e. The fraction of sp³-hybridized carbons (Fsp3) is 0.214. The molecule has 33 heavy (non-hydrogen) atoms. The lowest BCUT2D eigenvalue weighted by atomic mass is 9.95. The minimum absolute atomic E-state index is 0.0319. The summed E-state index contributed by atoms with van der Waals surface area (Å²) in [5.74, 6) is -0.953. The number of pyridine rings is 1. The molecule has 5 heteroatoms. The first-order chi connectivity index (χ1) is 15.7. The van der Waals surface area contributed by atoms with Crippen molar-refractivity contribution >= 4 is 16.7 Å². The Morgan fingerprint density at radius 1 is 0.879 bits per heavy atom. The van der Waals surface area contributed by atoms with E-state index in [0.717, 1.165) is 39.7 Å². The van der Waals surface area contributed by atoms with E-state index in [2.05, 4.69) is 29.2 Å². The molecule has 0 aliphatic heterocycles. The van der Waals surface area contributed by atoms with E-state index in [4.69, 9.17) is 0 Å². The summed E-state index contributed by atoms with van der Waals surface area (Å²) in [7, 11) is 4.09. The molecule has 0 spiro atoms. The third-order valence-corrected chi connectivity index (χ3v) is 5.96. The van der Waals surface area contributed by atoms with E-state index in [9.17, 15) is 14.7 Å². The van der Waals surface area contributed by atoms with Crippen molar-refractivity contribution in [3.8, 4) is 11.1 Å². The summed E-state index contributed by atoms with van der Waals surface area (Å²) in [6.45, 7) is 5.36. The van der Waals surface area contributed by atoms with Crippen molar-refractivity contribution < 1.29 is 9.90 Å². The van der Waals surface area contributed by atoms with Crippen LogP contribution < -0.4 is 5.56 Å². The lowest BCUT2D eigenvalue weighted by Crippen LogP contribution is -2.21. The fourth-order valence-corrected chi connectivity index (χ4v) is 4.24. The molecule has 0 bridgehead atoms. The highest BCUT2D eigenvalue weighted by Gasteiger charge is 2.12. The van der Waals surface area contributed by atoms with Gasteiger partial charge in [0.1, 0.15) is 0 Å². The number of nitrogens with zero attached hydrogens (tertiary/aromatic N) is 2. The summed E-state index contributed by atoms with van der Waals surface area (Å²) in [6.07, 6.45) is 1.91. The van der Waals surface area contributed by atoms with Gasteiger partial charge in [-0.1, -0.05) is 36.4 Å². The van der Waals surface area contributed by atoms with Crippen LogP contribution in [0.25, 0.3) is 21.9 Å². The van der Waals surface area contributed by atoms with Gasteiger partial charge in [-0.3, -0.25) is 4.79 Å². The SMILES string of the molecule is Cc1ccc(C(=O)O)cc1-c1ccc2c(=O)n(Cc3ccc(CN(C)C)cc3)cc(C)c2c1. The molecule has 0 saturated heterocycles. The summed E-state index contributed by atoms with van der Waals surface area (Å²) in [4.78, 5) is 26.8. The lowest BCUT2D eigenvalue weighted by molar-refractivity contribution is 0.0697. The van der Waals surface area contributed by atoms with Crippen molar-refractivity contribution in [3.63, 3.8) is 0 Å². The molecule has 5 nitrogen and oxygen atoms in total. The average molecular weight is 441 g/mol. The molecule has 0 aliphatic rings. The quantitative estimate of drug-likeness (QED) is 0.453. The van der Waals surface area contributed by atoms with Crippen LogP contribution in [-0.2, 0) is 13.1 Å². The Bertz CT molecular complexity index is 1400. The molecule has 0 radical (unpaired) electrons. The van der Waals surface area contributed by atoms with Gasteiger partial charge in [-0.05, 0) is 91.0 Å². The molecule has 1 heterocycles. The number of carboxylic acid groups (broad SMARTS) is 1. The molecule has 0 amide bonds. The van der Waals surface area contributed by atoms with E-state index in [0.29, 0.717) is 11.9 Å². The van der Waals surface area contributed by atoms with Crippen LogP contribution in [0.15, 0.2) is 71.7 Å². The van der Waals surface area contributed by atoms with Crippen LogP contribution in [0.3, 0.4) is 0 Å². The number of carboxylic acids is 1. The highest BCUT2D eigenvalue weighted by Crippen LogP contribution is 2.28. The first-order valence-electron chi connectivity index (χ1n) is 10.9. The van der Waals surface area contributed by atoms with E-state index >= 15 is 0 Å². The minimum atomic E-state index is -0.953. The second kappa shape index (κ2) is 9.04. The fourth-order valence-electron chi connectivity index (χ4n) is 4.24. The van der Waals surface area contributed by atoms with Gasteiger partial charge in [0.25, 0.3) is 5.56 Å².